The number of aromatic nitrogens is 1. The minimum atomic E-state index is 0.606. The van der Waals surface area contributed by atoms with Gasteiger partial charge in [-0.15, -0.1) is 0 Å². The van der Waals surface area contributed by atoms with Gasteiger partial charge in [-0.25, -0.2) is 4.98 Å². The number of rotatable bonds is 3. The van der Waals surface area contributed by atoms with Crippen LogP contribution >= 0.6 is 0 Å². The molecule has 1 saturated heterocycles. The van der Waals surface area contributed by atoms with Crippen molar-refractivity contribution in [2.24, 2.45) is 0 Å². The monoisotopic (exact) mass is 284 g/mol. The van der Waals surface area contributed by atoms with Crippen LogP contribution in [0.3, 0.4) is 0 Å². The third kappa shape index (κ3) is 3.17. The zero-order valence-corrected chi connectivity index (χ0v) is 12.9. The van der Waals surface area contributed by atoms with E-state index < -0.39 is 0 Å². The lowest BCUT2D eigenvalue weighted by Crippen LogP contribution is -2.44. The molecular formula is C17H24N4. The van der Waals surface area contributed by atoms with Crippen molar-refractivity contribution < 1.29 is 0 Å². The average molecular weight is 284 g/mol. The van der Waals surface area contributed by atoms with Gasteiger partial charge in [-0.1, -0.05) is 18.2 Å². The van der Waals surface area contributed by atoms with Gasteiger partial charge in [0.15, 0.2) is 0 Å². The van der Waals surface area contributed by atoms with Gasteiger partial charge in [0.1, 0.15) is 5.82 Å². The van der Waals surface area contributed by atoms with E-state index in [0.29, 0.717) is 11.9 Å². The van der Waals surface area contributed by atoms with Crippen LogP contribution in [0.2, 0.25) is 0 Å². The zero-order valence-electron chi connectivity index (χ0n) is 12.9. The van der Waals surface area contributed by atoms with E-state index in [1.165, 1.54) is 19.4 Å². The molecule has 1 atom stereocenters. The number of benzene rings is 1. The Morgan fingerprint density at radius 1 is 1.38 bits per heavy atom. The van der Waals surface area contributed by atoms with E-state index in [0.717, 1.165) is 29.6 Å². The minimum absolute atomic E-state index is 0.606. The highest BCUT2D eigenvalue weighted by Crippen LogP contribution is 2.21. The Kier molecular flexibility index (Phi) is 4.08. The van der Waals surface area contributed by atoms with Crippen molar-refractivity contribution in [3.8, 4) is 0 Å². The molecule has 2 heterocycles. The molecule has 0 bridgehead atoms. The highest BCUT2D eigenvalue weighted by atomic mass is 15.2. The molecule has 0 saturated carbocycles. The van der Waals surface area contributed by atoms with Gasteiger partial charge in [-0.05, 0) is 45.6 Å². The molecule has 0 aliphatic carbocycles. The van der Waals surface area contributed by atoms with Crippen LogP contribution in [0, 0.1) is 0 Å². The molecule has 1 aliphatic rings. The third-order valence-electron chi connectivity index (χ3n) is 4.48. The fourth-order valence-corrected chi connectivity index (χ4v) is 3.20. The zero-order chi connectivity index (χ0) is 14.8. The van der Waals surface area contributed by atoms with Crippen molar-refractivity contribution in [3.63, 3.8) is 0 Å². The smallest absolute Gasteiger partial charge is 0.128 e. The summed E-state index contributed by atoms with van der Waals surface area (Å²) in [5, 5.41) is 1.16. The average Bonchev–Trinajstić information content (AvgIpc) is 2.48. The van der Waals surface area contributed by atoms with Crippen LogP contribution < -0.4 is 5.73 Å². The lowest BCUT2D eigenvalue weighted by molar-refractivity contribution is 0.129. The van der Waals surface area contributed by atoms with E-state index in [-0.39, 0.29) is 0 Å². The Morgan fingerprint density at radius 2 is 2.19 bits per heavy atom. The number of hydrogen-bond acceptors (Lipinski definition) is 4. The molecule has 1 unspecified atom stereocenters. The molecule has 1 aromatic heterocycles. The van der Waals surface area contributed by atoms with Gasteiger partial charge in [0.2, 0.25) is 0 Å². The van der Waals surface area contributed by atoms with E-state index >= 15 is 0 Å². The number of likely N-dealkylation sites (tertiary alicyclic amines) is 1. The van der Waals surface area contributed by atoms with Crippen molar-refractivity contribution >= 4 is 16.7 Å². The quantitative estimate of drug-likeness (QED) is 0.939. The van der Waals surface area contributed by atoms with Gasteiger partial charge in [-0.3, -0.25) is 4.90 Å². The van der Waals surface area contributed by atoms with Crippen LogP contribution in [0.1, 0.15) is 18.4 Å². The van der Waals surface area contributed by atoms with Gasteiger partial charge in [0, 0.05) is 30.1 Å². The van der Waals surface area contributed by atoms with Crippen molar-refractivity contribution in [1.82, 2.24) is 14.8 Å². The van der Waals surface area contributed by atoms with Crippen molar-refractivity contribution in [3.05, 3.63) is 35.9 Å². The number of likely N-dealkylation sites (N-methyl/N-ethyl adjacent to an activating group) is 2. The summed E-state index contributed by atoms with van der Waals surface area (Å²) < 4.78 is 0. The molecule has 1 aliphatic heterocycles. The molecule has 0 spiro atoms. The first-order valence-electron chi connectivity index (χ1n) is 7.66. The van der Waals surface area contributed by atoms with E-state index in [4.69, 9.17) is 5.73 Å². The van der Waals surface area contributed by atoms with Crippen LogP contribution in [-0.4, -0.2) is 48.0 Å². The lowest BCUT2D eigenvalue weighted by Gasteiger charge is -2.36. The van der Waals surface area contributed by atoms with Crippen molar-refractivity contribution in [2.75, 3.05) is 32.9 Å². The maximum atomic E-state index is 6.14. The molecule has 0 radical (unpaired) electrons. The van der Waals surface area contributed by atoms with Crippen LogP contribution in [0.4, 0.5) is 5.82 Å². The van der Waals surface area contributed by atoms with Gasteiger partial charge in [-0.2, -0.15) is 0 Å². The first-order valence-corrected chi connectivity index (χ1v) is 7.66. The first kappa shape index (κ1) is 14.3. The summed E-state index contributed by atoms with van der Waals surface area (Å²) in [4.78, 5) is 9.35. The van der Waals surface area contributed by atoms with Crippen molar-refractivity contribution in [2.45, 2.75) is 25.4 Å². The molecule has 2 N–H and O–H groups in total. The van der Waals surface area contributed by atoms with E-state index in [9.17, 15) is 0 Å². The third-order valence-corrected chi connectivity index (χ3v) is 4.48. The SMILES string of the molecule is CN1CCCC(N(C)Cc2cc3ccccc3nc2N)C1. The number of pyridine rings is 1. The number of hydrogen-bond donors (Lipinski definition) is 1. The first-order chi connectivity index (χ1) is 10.1. The Bertz CT molecular complexity index is 625. The fraction of sp³-hybridized carbons (Fsp3) is 0.471. The summed E-state index contributed by atoms with van der Waals surface area (Å²) in [6.07, 6.45) is 2.54. The number of nitrogen functional groups attached to an aromatic ring is 1. The van der Waals surface area contributed by atoms with Crippen LogP contribution in [-0.2, 0) is 6.54 Å². The molecular weight excluding hydrogens is 260 g/mol. The standard InChI is InChI=1S/C17H24N4/c1-20-9-5-7-15(12-20)21(2)11-14-10-13-6-3-4-8-16(13)19-17(14)18/h3-4,6,8,10,15H,5,7,9,11-12H2,1-2H3,(H2,18,19). The fourth-order valence-electron chi connectivity index (χ4n) is 3.20. The number of nitrogens with two attached hydrogens (primary N) is 1. The Morgan fingerprint density at radius 3 is 3.00 bits per heavy atom. The maximum Gasteiger partial charge on any atom is 0.128 e. The largest absolute Gasteiger partial charge is 0.383 e. The van der Waals surface area contributed by atoms with Crippen LogP contribution in [0.15, 0.2) is 30.3 Å². The number of nitrogens with zero attached hydrogens (tertiary/aromatic N) is 3. The normalized spacial score (nSPS) is 20.2. The Balaban J connectivity index is 1.79. The molecule has 112 valence electrons. The summed E-state index contributed by atoms with van der Waals surface area (Å²) in [6.45, 7) is 3.21. The van der Waals surface area contributed by atoms with E-state index in [1.807, 2.05) is 18.2 Å². The number of fused-ring (bicyclic) bond motifs is 1. The van der Waals surface area contributed by atoms with Gasteiger partial charge in [0.05, 0.1) is 5.52 Å². The van der Waals surface area contributed by atoms with E-state index in [2.05, 4.69) is 41.0 Å². The Labute approximate surface area is 126 Å². The number of para-hydroxylation sites is 1. The second kappa shape index (κ2) is 6.00. The van der Waals surface area contributed by atoms with Crippen molar-refractivity contribution in [1.29, 1.82) is 0 Å². The summed E-state index contributed by atoms with van der Waals surface area (Å²) in [5.74, 6) is 0.657. The summed E-state index contributed by atoms with van der Waals surface area (Å²) >= 11 is 0. The molecule has 0 amide bonds. The van der Waals surface area contributed by atoms with E-state index in [1.54, 1.807) is 0 Å². The topological polar surface area (TPSA) is 45.4 Å². The molecule has 4 nitrogen and oxygen atoms in total. The molecule has 21 heavy (non-hydrogen) atoms. The molecule has 2 aromatic rings. The van der Waals surface area contributed by atoms with Crippen LogP contribution in [0.25, 0.3) is 10.9 Å². The molecule has 3 rings (SSSR count). The van der Waals surface area contributed by atoms with Gasteiger partial charge in [0.25, 0.3) is 0 Å². The lowest BCUT2D eigenvalue weighted by atomic mass is 10.0. The summed E-state index contributed by atoms with van der Waals surface area (Å²) in [5.41, 5.74) is 8.24. The summed E-state index contributed by atoms with van der Waals surface area (Å²) in [7, 11) is 4.39. The van der Waals surface area contributed by atoms with Crippen LogP contribution in [0.5, 0.6) is 0 Å². The molecule has 4 heteroatoms. The number of anilines is 1. The number of piperidine rings is 1. The predicted octanol–water partition coefficient (Wildman–Crippen LogP) is 2.34. The second-order valence-electron chi connectivity index (χ2n) is 6.20. The molecule has 1 fully saturated rings. The second-order valence-corrected chi connectivity index (χ2v) is 6.20. The van der Waals surface area contributed by atoms with Gasteiger partial charge < -0.3 is 10.6 Å². The molecule has 1 aromatic carbocycles. The predicted molar refractivity (Wildman–Crippen MR) is 88.1 cm³/mol. The summed E-state index contributed by atoms with van der Waals surface area (Å²) in [6, 6.07) is 10.9. The highest BCUT2D eigenvalue weighted by molar-refractivity contribution is 5.81. The Hall–Kier alpha value is -1.65. The maximum absolute atomic E-state index is 6.14. The highest BCUT2D eigenvalue weighted by Gasteiger charge is 2.21. The van der Waals surface area contributed by atoms with Gasteiger partial charge >= 0.3 is 0 Å². The minimum Gasteiger partial charge on any atom is -0.383 e.